The summed E-state index contributed by atoms with van der Waals surface area (Å²) in [6, 6.07) is 17.5. The summed E-state index contributed by atoms with van der Waals surface area (Å²) in [7, 11) is -3.91. The Hall–Kier alpha value is -3.85. The molecule has 3 aromatic rings. The molecule has 9 heteroatoms. The molecule has 2 heterocycles. The third-order valence-electron chi connectivity index (χ3n) is 5.97. The van der Waals surface area contributed by atoms with E-state index in [-0.39, 0.29) is 16.5 Å². The van der Waals surface area contributed by atoms with Crippen LogP contribution in [-0.4, -0.2) is 46.0 Å². The first kappa shape index (κ1) is 22.9. The Labute approximate surface area is 203 Å². The second-order valence-electron chi connectivity index (χ2n) is 8.37. The molecule has 0 radical (unpaired) electrons. The number of Topliss-reactive ketones (excluding diaryl/α,β-unsaturated/α-hetero) is 1. The number of ketones is 1. The normalized spacial score (nSPS) is 16.5. The zero-order valence-electron chi connectivity index (χ0n) is 19.0. The maximum Gasteiger partial charge on any atom is 0.338 e. The average Bonchev–Trinajstić information content (AvgIpc) is 3.23. The zero-order chi connectivity index (χ0) is 24.6. The number of sulfonamides is 1. The van der Waals surface area contributed by atoms with Crippen LogP contribution in [0.3, 0.4) is 0 Å². The van der Waals surface area contributed by atoms with Crippen LogP contribution in [0.5, 0.6) is 11.5 Å². The minimum absolute atomic E-state index is 0.0198. The number of fused-ring (bicyclic) bond motifs is 2. The highest BCUT2D eigenvalue weighted by molar-refractivity contribution is 7.92. The van der Waals surface area contributed by atoms with Crippen molar-refractivity contribution in [3.8, 4) is 11.5 Å². The van der Waals surface area contributed by atoms with E-state index in [0.717, 1.165) is 5.56 Å². The number of rotatable bonds is 6. The predicted molar refractivity (Wildman–Crippen MR) is 128 cm³/mol. The van der Waals surface area contributed by atoms with E-state index in [1.54, 1.807) is 30.3 Å². The van der Waals surface area contributed by atoms with Crippen LogP contribution in [0.1, 0.15) is 33.2 Å². The summed E-state index contributed by atoms with van der Waals surface area (Å²) >= 11 is 0. The Bertz CT molecular complexity index is 1420. The molecule has 0 amide bonds. The van der Waals surface area contributed by atoms with Gasteiger partial charge in [0.2, 0.25) is 0 Å². The molecule has 0 aromatic heterocycles. The van der Waals surface area contributed by atoms with E-state index in [9.17, 15) is 18.0 Å². The molecule has 8 nitrogen and oxygen atoms in total. The van der Waals surface area contributed by atoms with Crippen molar-refractivity contribution in [2.75, 3.05) is 24.1 Å². The van der Waals surface area contributed by atoms with Gasteiger partial charge in [-0.2, -0.15) is 0 Å². The van der Waals surface area contributed by atoms with E-state index < -0.39 is 28.4 Å². The molecule has 0 aliphatic carbocycles. The zero-order valence-corrected chi connectivity index (χ0v) is 19.8. The molecule has 0 saturated heterocycles. The number of esters is 1. The van der Waals surface area contributed by atoms with Gasteiger partial charge in [0, 0.05) is 11.6 Å². The third kappa shape index (κ3) is 4.35. The van der Waals surface area contributed by atoms with Crippen LogP contribution in [0.4, 0.5) is 5.69 Å². The monoisotopic (exact) mass is 493 g/mol. The second-order valence-corrected chi connectivity index (χ2v) is 10.2. The Balaban J connectivity index is 1.31. The van der Waals surface area contributed by atoms with Crippen LogP contribution < -0.4 is 13.8 Å². The molecule has 1 atom stereocenters. The van der Waals surface area contributed by atoms with Gasteiger partial charge < -0.3 is 14.2 Å². The number of carbonyl (C=O) groups is 2. The van der Waals surface area contributed by atoms with Crippen molar-refractivity contribution < 1.29 is 32.2 Å². The largest absolute Gasteiger partial charge is 0.486 e. The summed E-state index contributed by atoms with van der Waals surface area (Å²) in [6.45, 7) is 2.18. The Kier molecular flexibility index (Phi) is 5.94. The molecular formula is C26H23NO7S. The molecule has 3 aromatic carbocycles. The van der Waals surface area contributed by atoms with E-state index in [2.05, 4.69) is 0 Å². The minimum Gasteiger partial charge on any atom is -0.486 e. The fourth-order valence-electron chi connectivity index (χ4n) is 4.32. The number of ether oxygens (including phenoxy) is 3. The standard InChI is InChI=1S/C26H23NO7S/c1-17-13-18-5-2-3-8-22(18)27(17)35(30,31)21-7-4-6-20(14-21)26(29)34-16-23(28)19-9-10-24-25(15-19)33-12-11-32-24/h2-10,14-15,17H,11-13,16H2,1H3/t17-/m0/s1. The van der Waals surface area contributed by atoms with Crippen LogP contribution in [0.15, 0.2) is 71.6 Å². The molecule has 2 aliphatic heterocycles. The molecule has 5 rings (SSSR count). The summed E-state index contributed by atoms with van der Waals surface area (Å²) in [5, 5.41) is 0. The first-order valence-corrected chi connectivity index (χ1v) is 12.6. The molecule has 2 aliphatic rings. The molecule has 0 unspecified atom stereocenters. The van der Waals surface area contributed by atoms with E-state index in [1.807, 2.05) is 19.1 Å². The van der Waals surface area contributed by atoms with Gasteiger partial charge in [0.05, 0.1) is 16.1 Å². The van der Waals surface area contributed by atoms with Crippen molar-refractivity contribution in [1.82, 2.24) is 0 Å². The van der Waals surface area contributed by atoms with Crippen molar-refractivity contribution in [2.45, 2.75) is 24.3 Å². The fourth-order valence-corrected chi connectivity index (χ4v) is 6.05. The predicted octanol–water partition coefficient (Wildman–Crippen LogP) is 3.64. The number of nitrogens with zero attached hydrogens (tertiary/aromatic N) is 1. The van der Waals surface area contributed by atoms with Gasteiger partial charge in [0.25, 0.3) is 10.0 Å². The van der Waals surface area contributed by atoms with Gasteiger partial charge in [-0.3, -0.25) is 9.10 Å². The first-order valence-electron chi connectivity index (χ1n) is 11.2. The lowest BCUT2D eigenvalue weighted by Crippen LogP contribution is -2.35. The van der Waals surface area contributed by atoms with E-state index in [0.29, 0.717) is 42.4 Å². The van der Waals surface area contributed by atoms with Crippen molar-refractivity contribution in [3.05, 3.63) is 83.4 Å². The molecule has 0 bridgehead atoms. The number of para-hydroxylation sites is 1. The van der Waals surface area contributed by atoms with Gasteiger partial charge in [-0.25, -0.2) is 13.2 Å². The average molecular weight is 494 g/mol. The van der Waals surface area contributed by atoms with Gasteiger partial charge in [0.15, 0.2) is 23.9 Å². The van der Waals surface area contributed by atoms with Gasteiger partial charge in [-0.05, 0) is 61.4 Å². The lowest BCUT2D eigenvalue weighted by atomic mass is 10.1. The van der Waals surface area contributed by atoms with Crippen LogP contribution in [0.25, 0.3) is 0 Å². The summed E-state index contributed by atoms with van der Waals surface area (Å²) in [5.74, 6) is -0.189. The highest BCUT2D eigenvalue weighted by Crippen LogP contribution is 2.36. The summed E-state index contributed by atoms with van der Waals surface area (Å²) in [4.78, 5) is 25.2. The lowest BCUT2D eigenvalue weighted by molar-refractivity contribution is 0.0474. The molecule has 180 valence electrons. The quantitative estimate of drug-likeness (QED) is 0.382. The Morgan fingerprint density at radius 2 is 1.71 bits per heavy atom. The summed E-state index contributed by atoms with van der Waals surface area (Å²) in [5.41, 5.74) is 1.95. The highest BCUT2D eigenvalue weighted by Gasteiger charge is 2.36. The van der Waals surface area contributed by atoms with E-state index in [1.165, 1.54) is 28.6 Å². The summed E-state index contributed by atoms with van der Waals surface area (Å²) in [6.07, 6.45) is 0.610. The molecule has 0 saturated carbocycles. The molecule has 0 fully saturated rings. The number of anilines is 1. The Morgan fingerprint density at radius 1 is 0.943 bits per heavy atom. The van der Waals surface area contributed by atoms with Crippen molar-refractivity contribution in [1.29, 1.82) is 0 Å². The van der Waals surface area contributed by atoms with Crippen LogP contribution in [0.2, 0.25) is 0 Å². The first-order chi connectivity index (χ1) is 16.8. The molecule has 0 N–H and O–H groups in total. The third-order valence-corrected chi connectivity index (χ3v) is 7.89. The smallest absolute Gasteiger partial charge is 0.338 e. The number of hydrogen-bond donors (Lipinski definition) is 0. The molecule has 35 heavy (non-hydrogen) atoms. The van der Waals surface area contributed by atoms with Gasteiger partial charge in [0.1, 0.15) is 13.2 Å². The van der Waals surface area contributed by atoms with Crippen molar-refractivity contribution >= 4 is 27.5 Å². The molecular weight excluding hydrogens is 470 g/mol. The van der Waals surface area contributed by atoms with Crippen LogP contribution in [0, 0.1) is 0 Å². The minimum atomic E-state index is -3.91. The van der Waals surface area contributed by atoms with Crippen molar-refractivity contribution in [2.24, 2.45) is 0 Å². The summed E-state index contributed by atoms with van der Waals surface area (Å²) < 4.78 is 44.4. The Morgan fingerprint density at radius 3 is 2.54 bits per heavy atom. The molecule has 0 spiro atoms. The number of carbonyl (C=O) groups excluding carboxylic acids is 2. The van der Waals surface area contributed by atoms with Gasteiger partial charge in [-0.15, -0.1) is 0 Å². The second kappa shape index (κ2) is 9.07. The number of benzene rings is 3. The van der Waals surface area contributed by atoms with Crippen LogP contribution in [-0.2, 0) is 21.2 Å². The highest BCUT2D eigenvalue weighted by atomic mass is 32.2. The van der Waals surface area contributed by atoms with Crippen LogP contribution >= 0.6 is 0 Å². The topological polar surface area (TPSA) is 99.2 Å². The lowest BCUT2D eigenvalue weighted by Gasteiger charge is -2.24. The maximum absolute atomic E-state index is 13.4. The van der Waals surface area contributed by atoms with Gasteiger partial charge >= 0.3 is 5.97 Å². The van der Waals surface area contributed by atoms with Crippen molar-refractivity contribution in [3.63, 3.8) is 0 Å². The van der Waals surface area contributed by atoms with E-state index >= 15 is 0 Å². The fraction of sp³-hybridized carbons (Fsp3) is 0.231. The number of hydrogen-bond acceptors (Lipinski definition) is 7. The maximum atomic E-state index is 13.4. The van der Waals surface area contributed by atoms with E-state index in [4.69, 9.17) is 14.2 Å². The van der Waals surface area contributed by atoms with Gasteiger partial charge in [-0.1, -0.05) is 24.3 Å². The SMILES string of the molecule is C[C@H]1Cc2ccccc2N1S(=O)(=O)c1cccc(C(=O)OCC(=O)c2ccc3c(c2)OCCO3)c1.